The van der Waals surface area contributed by atoms with Gasteiger partial charge in [0.2, 0.25) is 0 Å². The first kappa shape index (κ1) is 39.5. The molecular weight excluding hydrogens is 847 g/mol. The maximum Gasteiger partial charge on any atom is 0.0728 e. The molecule has 11 aromatic rings. The van der Waals surface area contributed by atoms with Crippen molar-refractivity contribution in [2.75, 3.05) is 0 Å². The molecule has 1 spiro atoms. The van der Waals surface area contributed by atoms with Crippen molar-refractivity contribution < 1.29 is 0 Å². The van der Waals surface area contributed by atoms with Crippen molar-refractivity contribution in [2.24, 2.45) is 17.3 Å². The lowest BCUT2D eigenvalue weighted by molar-refractivity contribution is 0.00321. The van der Waals surface area contributed by atoms with Crippen LogP contribution in [0.1, 0.15) is 95.6 Å². The summed E-state index contributed by atoms with van der Waals surface area (Å²) in [6.45, 7) is 4.83. The summed E-state index contributed by atoms with van der Waals surface area (Å²) >= 11 is 0. The fraction of sp³-hybridized carbons (Fsp3) is 0.224. The second-order valence-electron chi connectivity index (χ2n) is 22.4. The van der Waals surface area contributed by atoms with Crippen LogP contribution in [0, 0.1) is 24.2 Å². The van der Waals surface area contributed by atoms with Gasteiger partial charge >= 0.3 is 0 Å². The summed E-state index contributed by atoms with van der Waals surface area (Å²) in [5, 5.41) is 5.48. The van der Waals surface area contributed by atoms with Crippen LogP contribution >= 0.6 is 0 Å². The maximum atomic E-state index is 5.66. The summed E-state index contributed by atoms with van der Waals surface area (Å²) in [6, 6.07) is 61.7. The zero-order chi connectivity index (χ0) is 46.0. The molecule has 6 unspecified atom stereocenters. The SMILES string of the molecule is Cc1ccccc1C1(C)Cc2ccccc2Cc2ncc3c(c21)c1cc(-c2c(-c4ccccc4)cc(-c4ccccc4)cc2-c2ccccc2)cc2c4c5c(ncc4n3c21)C1CC2CC3CC5CC23C1. The zero-order valence-corrected chi connectivity index (χ0v) is 39.8. The standard InChI is InChI=1S/C67H53N3/c1-39-16-12-15-25-55(39)66(2)34-44-24-14-13-23-43(44)32-56-63(66)62-54-31-46(59-51(41-19-8-4-9-20-41)28-45(40-17-6-3-7-18-40)29-52(59)42-21-10-5-11-22-42)30-53-61-57(70(65(53)54)58(62)37-68-56)38-69-64-48-27-50-33-49-26-47(60(61)64)35-67(49,50)36-48/h3-25,28-31,37-38,47-50H,26-27,32-36H2,1-2H3. The molecule has 3 heteroatoms. The summed E-state index contributed by atoms with van der Waals surface area (Å²) in [7, 11) is 0. The second kappa shape index (κ2) is 14.1. The summed E-state index contributed by atoms with van der Waals surface area (Å²) < 4.78 is 2.62. The van der Waals surface area contributed by atoms with Crippen LogP contribution in [-0.2, 0) is 18.3 Å². The molecule has 3 fully saturated rings. The summed E-state index contributed by atoms with van der Waals surface area (Å²) in [4.78, 5) is 11.3. The van der Waals surface area contributed by atoms with Gasteiger partial charge in [0.25, 0.3) is 0 Å². The Labute approximate surface area is 409 Å². The average Bonchev–Trinajstić information content (AvgIpc) is 4.06. The molecular formula is C67H53N3. The Kier molecular flexibility index (Phi) is 7.97. The molecule has 336 valence electrons. The van der Waals surface area contributed by atoms with E-state index in [0.29, 0.717) is 17.3 Å². The number of hydrogen-bond donors (Lipinski definition) is 0. The first-order valence-electron chi connectivity index (χ1n) is 25.9. The third-order valence-electron chi connectivity index (χ3n) is 19.0. The number of nitrogens with zero attached hydrogens (tertiary/aromatic N) is 3. The number of rotatable bonds is 5. The highest BCUT2D eigenvalue weighted by Crippen LogP contribution is 2.76. The van der Waals surface area contributed by atoms with Gasteiger partial charge in [-0.3, -0.25) is 9.97 Å². The minimum absolute atomic E-state index is 0.358. The number of hydrogen-bond acceptors (Lipinski definition) is 2. The molecule has 6 atom stereocenters. The van der Waals surface area contributed by atoms with Gasteiger partial charge < -0.3 is 4.40 Å². The Morgan fingerprint density at radius 3 is 1.84 bits per heavy atom. The molecule has 5 aliphatic rings. The van der Waals surface area contributed by atoms with Gasteiger partial charge in [-0.25, -0.2) is 0 Å². The van der Waals surface area contributed by atoms with E-state index < -0.39 is 0 Å². The van der Waals surface area contributed by atoms with E-state index in [0.717, 1.165) is 24.7 Å². The average molecular weight is 900 g/mol. The molecule has 7 aromatic carbocycles. The lowest BCUT2D eigenvalue weighted by atomic mass is 9.56. The van der Waals surface area contributed by atoms with Crippen LogP contribution < -0.4 is 0 Å². The van der Waals surface area contributed by atoms with E-state index in [4.69, 9.17) is 9.97 Å². The number of aryl methyl sites for hydroxylation is 1. The summed E-state index contributed by atoms with van der Waals surface area (Å²) in [5.74, 6) is 2.88. The minimum Gasteiger partial charge on any atom is -0.305 e. The molecule has 3 saturated carbocycles. The van der Waals surface area contributed by atoms with E-state index in [1.54, 1.807) is 5.56 Å². The summed E-state index contributed by atoms with van der Waals surface area (Å²) in [5.41, 5.74) is 24.9. The molecule has 3 nitrogen and oxygen atoms in total. The van der Waals surface area contributed by atoms with Crippen molar-refractivity contribution in [3.05, 3.63) is 221 Å². The third-order valence-corrected chi connectivity index (χ3v) is 19.0. The number of benzene rings is 7. The van der Waals surface area contributed by atoms with Gasteiger partial charge in [0.1, 0.15) is 0 Å². The largest absolute Gasteiger partial charge is 0.305 e. The van der Waals surface area contributed by atoms with E-state index in [-0.39, 0.29) is 5.41 Å². The van der Waals surface area contributed by atoms with Crippen LogP contribution in [0.25, 0.3) is 82.6 Å². The lowest BCUT2D eigenvalue weighted by Gasteiger charge is -2.48. The van der Waals surface area contributed by atoms with Gasteiger partial charge in [0.15, 0.2) is 0 Å². The molecule has 16 rings (SSSR count). The third kappa shape index (κ3) is 5.20. The molecule has 0 aliphatic heterocycles. The lowest BCUT2D eigenvalue weighted by Crippen LogP contribution is -2.41. The highest BCUT2D eigenvalue weighted by Gasteiger charge is 2.66. The Bertz CT molecular complexity index is 3920. The Hall–Kier alpha value is -7.36. The molecule has 4 aromatic heterocycles. The first-order valence-corrected chi connectivity index (χ1v) is 25.9. The van der Waals surface area contributed by atoms with Crippen molar-refractivity contribution in [3.8, 4) is 44.5 Å². The monoisotopic (exact) mass is 899 g/mol. The highest BCUT2D eigenvalue weighted by molar-refractivity contribution is 6.26. The molecule has 3 bridgehead atoms. The highest BCUT2D eigenvalue weighted by atomic mass is 15.0. The molecule has 0 saturated heterocycles. The van der Waals surface area contributed by atoms with E-state index in [1.165, 1.54) is 154 Å². The van der Waals surface area contributed by atoms with Crippen molar-refractivity contribution in [1.82, 2.24) is 14.4 Å². The van der Waals surface area contributed by atoms with E-state index in [9.17, 15) is 0 Å². The normalized spacial score (nSPS) is 23.9. The first-order chi connectivity index (χ1) is 34.4. The number of fused-ring (bicyclic) bond motifs is 15. The minimum atomic E-state index is -0.358. The van der Waals surface area contributed by atoms with Crippen molar-refractivity contribution in [1.29, 1.82) is 0 Å². The quantitative estimate of drug-likeness (QED) is 0.172. The van der Waals surface area contributed by atoms with Crippen LogP contribution in [-0.4, -0.2) is 14.4 Å². The van der Waals surface area contributed by atoms with Gasteiger partial charge in [-0.1, -0.05) is 146 Å². The van der Waals surface area contributed by atoms with Gasteiger partial charge in [0.05, 0.1) is 28.9 Å². The Balaban J connectivity index is 1.09. The van der Waals surface area contributed by atoms with Gasteiger partial charge in [0, 0.05) is 50.7 Å². The van der Waals surface area contributed by atoms with Crippen LogP contribution in [0.5, 0.6) is 0 Å². The van der Waals surface area contributed by atoms with Crippen molar-refractivity contribution in [3.63, 3.8) is 0 Å². The molecule has 0 N–H and O–H groups in total. The molecule has 0 radical (unpaired) electrons. The van der Waals surface area contributed by atoms with Gasteiger partial charge in [-0.2, -0.15) is 0 Å². The van der Waals surface area contributed by atoms with Crippen LogP contribution in [0.4, 0.5) is 0 Å². The van der Waals surface area contributed by atoms with E-state index in [1.807, 2.05) is 0 Å². The molecule has 4 heterocycles. The number of aromatic nitrogens is 3. The second-order valence-corrected chi connectivity index (χ2v) is 22.4. The van der Waals surface area contributed by atoms with E-state index >= 15 is 0 Å². The molecule has 5 aliphatic carbocycles. The smallest absolute Gasteiger partial charge is 0.0728 e. The predicted octanol–water partition coefficient (Wildman–Crippen LogP) is 16.4. The maximum absolute atomic E-state index is 5.66. The molecule has 0 amide bonds. The van der Waals surface area contributed by atoms with Gasteiger partial charge in [-0.05, 0) is 171 Å². The fourth-order valence-electron chi connectivity index (χ4n) is 16.2. The van der Waals surface area contributed by atoms with Crippen molar-refractivity contribution in [2.45, 2.75) is 76.0 Å². The Morgan fingerprint density at radius 2 is 1.13 bits per heavy atom. The summed E-state index contributed by atoms with van der Waals surface area (Å²) in [6.07, 6.45) is 13.0. The Morgan fingerprint density at radius 1 is 0.543 bits per heavy atom. The van der Waals surface area contributed by atoms with Crippen molar-refractivity contribution >= 4 is 38.1 Å². The topological polar surface area (TPSA) is 30.2 Å². The fourth-order valence-corrected chi connectivity index (χ4v) is 16.2. The number of pyridine rings is 2. The predicted molar refractivity (Wildman–Crippen MR) is 287 cm³/mol. The van der Waals surface area contributed by atoms with Gasteiger partial charge in [-0.15, -0.1) is 0 Å². The molecule has 70 heavy (non-hydrogen) atoms. The van der Waals surface area contributed by atoms with E-state index in [2.05, 4.69) is 194 Å². The van der Waals surface area contributed by atoms with Crippen LogP contribution in [0.15, 0.2) is 176 Å². The van der Waals surface area contributed by atoms with Crippen LogP contribution in [0.2, 0.25) is 0 Å². The van der Waals surface area contributed by atoms with Crippen LogP contribution in [0.3, 0.4) is 0 Å². The zero-order valence-electron chi connectivity index (χ0n) is 39.8.